The Balaban J connectivity index is 1.53. The maximum Gasteiger partial charge on any atom is 0.410 e. The SMILES string of the molecule is Cc1nc2n(n1)C[C@@H](N[C@@H]1CCCN(C(=O)OC(C)(C)C)C1)CC2. The second-order valence-corrected chi connectivity index (χ2v) is 7.93. The third kappa shape index (κ3) is 4.26. The molecule has 1 aromatic heterocycles. The van der Waals surface area contributed by atoms with Crippen molar-refractivity contribution in [1.29, 1.82) is 0 Å². The number of fused-ring (bicyclic) bond motifs is 1. The summed E-state index contributed by atoms with van der Waals surface area (Å²) in [4.78, 5) is 18.6. The molecule has 2 aliphatic heterocycles. The average molecular weight is 335 g/mol. The number of amides is 1. The first-order valence-corrected chi connectivity index (χ1v) is 8.94. The van der Waals surface area contributed by atoms with Crippen LogP contribution in [-0.2, 0) is 17.7 Å². The van der Waals surface area contributed by atoms with Crippen LogP contribution in [0.1, 0.15) is 51.7 Å². The van der Waals surface area contributed by atoms with E-state index in [9.17, 15) is 4.79 Å². The molecule has 3 heterocycles. The van der Waals surface area contributed by atoms with Gasteiger partial charge in [-0.25, -0.2) is 14.5 Å². The van der Waals surface area contributed by atoms with Crippen molar-refractivity contribution in [3.63, 3.8) is 0 Å². The molecule has 0 unspecified atom stereocenters. The van der Waals surface area contributed by atoms with E-state index in [1.54, 1.807) is 0 Å². The summed E-state index contributed by atoms with van der Waals surface area (Å²) in [7, 11) is 0. The average Bonchev–Trinajstić information content (AvgIpc) is 2.85. The number of hydrogen-bond acceptors (Lipinski definition) is 5. The number of aromatic nitrogens is 3. The highest BCUT2D eigenvalue weighted by atomic mass is 16.6. The monoisotopic (exact) mass is 335 g/mol. The predicted molar refractivity (Wildman–Crippen MR) is 90.8 cm³/mol. The lowest BCUT2D eigenvalue weighted by atomic mass is 10.0. The van der Waals surface area contributed by atoms with Gasteiger partial charge in [0.25, 0.3) is 0 Å². The molecule has 24 heavy (non-hydrogen) atoms. The van der Waals surface area contributed by atoms with Gasteiger partial charge >= 0.3 is 6.09 Å². The van der Waals surface area contributed by atoms with Crippen LogP contribution in [0.25, 0.3) is 0 Å². The molecule has 1 saturated heterocycles. The van der Waals surface area contributed by atoms with Gasteiger partial charge in [0.2, 0.25) is 0 Å². The molecule has 7 nitrogen and oxygen atoms in total. The second kappa shape index (κ2) is 6.70. The summed E-state index contributed by atoms with van der Waals surface area (Å²) in [6, 6.07) is 0.713. The quantitative estimate of drug-likeness (QED) is 0.893. The van der Waals surface area contributed by atoms with Gasteiger partial charge in [-0.1, -0.05) is 0 Å². The number of nitrogens with zero attached hydrogens (tertiary/aromatic N) is 4. The molecular formula is C17H29N5O2. The van der Waals surface area contributed by atoms with Crippen molar-refractivity contribution < 1.29 is 9.53 Å². The van der Waals surface area contributed by atoms with Crippen molar-refractivity contribution in [2.75, 3.05) is 13.1 Å². The first kappa shape index (κ1) is 17.2. The maximum atomic E-state index is 12.3. The van der Waals surface area contributed by atoms with Crippen LogP contribution in [0.3, 0.4) is 0 Å². The van der Waals surface area contributed by atoms with Gasteiger partial charge < -0.3 is 15.0 Å². The fourth-order valence-corrected chi connectivity index (χ4v) is 3.51. The number of ether oxygens (including phenoxy) is 1. The predicted octanol–water partition coefficient (Wildman–Crippen LogP) is 1.89. The number of aryl methyl sites for hydroxylation is 2. The lowest BCUT2D eigenvalue weighted by Crippen LogP contribution is -2.53. The summed E-state index contributed by atoms with van der Waals surface area (Å²) < 4.78 is 7.52. The Hall–Kier alpha value is -1.63. The summed E-state index contributed by atoms with van der Waals surface area (Å²) >= 11 is 0. The lowest BCUT2D eigenvalue weighted by Gasteiger charge is -2.36. The molecule has 2 atom stereocenters. The zero-order chi connectivity index (χ0) is 17.3. The summed E-state index contributed by atoms with van der Waals surface area (Å²) in [6.07, 6.45) is 3.94. The molecule has 1 aromatic rings. The molecule has 7 heteroatoms. The van der Waals surface area contributed by atoms with E-state index >= 15 is 0 Å². The first-order valence-electron chi connectivity index (χ1n) is 8.94. The molecule has 134 valence electrons. The first-order chi connectivity index (χ1) is 11.3. The number of rotatable bonds is 2. The molecule has 2 aliphatic rings. The van der Waals surface area contributed by atoms with Crippen molar-refractivity contribution in [1.82, 2.24) is 25.0 Å². The number of likely N-dealkylation sites (tertiary alicyclic amines) is 1. The van der Waals surface area contributed by atoms with E-state index < -0.39 is 5.60 Å². The van der Waals surface area contributed by atoms with Crippen LogP contribution in [-0.4, -0.2) is 56.5 Å². The normalized spacial score (nSPS) is 24.6. The van der Waals surface area contributed by atoms with E-state index in [1.165, 1.54) is 0 Å². The summed E-state index contributed by atoms with van der Waals surface area (Å²) in [5.41, 5.74) is -0.442. The Labute approximate surface area is 143 Å². The standard InChI is InChI=1S/C17H29N5O2/c1-12-18-15-8-7-14(11-22(15)20-12)19-13-6-5-9-21(10-13)16(23)24-17(2,3)4/h13-14,19H,5-11H2,1-4H3/t13-,14+/m1/s1. The summed E-state index contributed by atoms with van der Waals surface area (Å²) in [6.45, 7) is 10.0. The smallest absolute Gasteiger partial charge is 0.410 e. The van der Waals surface area contributed by atoms with Crippen molar-refractivity contribution >= 4 is 6.09 Å². The third-order valence-corrected chi connectivity index (χ3v) is 4.51. The number of nitrogens with one attached hydrogen (secondary N) is 1. The minimum absolute atomic E-state index is 0.202. The van der Waals surface area contributed by atoms with Crippen LogP contribution >= 0.6 is 0 Å². The van der Waals surface area contributed by atoms with E-state index in [0.717, 1.165) is 50.4 Å². The number of carbonyl (C=O) groups excluding carboxylic acids is 1. The van der Waals surface area contributed by atoms with Crippen molar-refractivity contribution in [3.05, 3.63) is 11.6 Å². The Kier molecular flexibility index (Phi) is 4.80. The highest BCUT2D eigenvalue weighted by molar-refractivity contribution is 5.68. The Morgan fingerprint density at radius 3 is 2.75 bits per heavy atom. The van der Waals surface area contributed by atoms with Gasteiger partial charge in [0.15, 0.2) is 0 Å². The van der Waals surface area contributed by atoms with Crippen LogP contribution < -0.4 is 5.32 Å². The van der Waals surface area contributed by atoms with E-state index in [4.69, 9.17) is 4.74 Å². The Morgan fingerprint density at radius 1 is 1.25 bits per heavy atom. The van der Waals surface area contributed by atoms with Crippen molar-refractivity contribution in [2.24, 2.45) is 0 Å². The van der Waals surface area contributed by atoms with Gasteiger partial charge in [-0.2, -0.15) is 5.10 Å². The van der Waals surface area contributed by atoms with Crippen LogP contribution in [0, 0.1) is 6.92 Å². The van der Waals surface area contributed by atoms with Gasteiger partial charge in [-0.05, 0) is 47.0 Å². The molecule has 0 bridgehead atoms. The van der Waals surface area contributed by atoms with Gasteiger partial charge in [-0.3, -0.25) is 0 Å². The highest BCUT2D eigenvalue weighted by Crippen LogP contribution is 2.18. The van der Waals surface area contributed by atoms with Crippen LogP contribution in [0.4, 0.5) is 4.79 Å². The lowest BCUT2D eigenvalue weighted by molar-refractivity contribution is 0.0181. The highest BCUT2D eigenvalue weighted by Gasteiger charge is 2.30. The third-order valence-electron chi connectivity index (χ3n) is 4.51. The van der Waals surface area contributed by atoms with Gasteiger partial charge in [-0.15, -0.1) is 0 Å². The zero-order valence-electron chi connectivity index (χ0n) is 15.2. The zero-order valence-corrected chi connectivity index (χ0v) is 15.2. The molecule has 0 spiro atoms. The van der Waals surface area contributed by atoms with Crippen molar-refractivity contribution in [3.8, 4) is 0 Å². The molecule has 1 fully saturated rings. The minimum Gasteiger partial charge on any atom is -0.444 e. The minimum atomic E-state index is -0.442. The number of carbonyl (C=O) groups is 1. The maximum absolute atomic E-state index is 12.3. The summed E-state index contributed by atoms with van der Waals surface area (Å²) in [5.74, 6) is 1.93. The Morgan fingerprint density at radius 2 is 2.00 bits per heavy atom. The van der Waals surface area contributed by atoms with E-state index in [-0.39, 0.29) is 6.09 Å². The molecule has 0 aromatic carbocycles. The molecule has 1 N–H and O–H groups in total. The van der Waals surface area contributed by atoms with Gasteiger partial charge in [0.1, 0.15) is 17.2 Å². The van der Waals surface area contributed by atoms with Gasteiger partial charge in [0, 0.05) is 31.6 Å². The molecule has 0 aliphatic carbocycles. The second-order valence-electron chi connectivity index (χ2n) is 7.93. The van der Waals surface area contributed by atoms with Crippen molar-refractivity contribution in [2.45, 2.75) is 77.6 Å². The number of piperidine rings is 1. The van der Waals surface area contributed by atoms with Gasteiger partial charge in [0.05, 0.1) is 6.54 Å². The van der Waals surface area contributed by atoms with Crippen LogP contribution in [0.2, 0.25) is 0 Å². The fraction of sp³-hybridized carbons (Fsp3) is 0.824. The molecule has 1 amide bonds. The summed E-state index contributed by atoms with van der Waals surface area (Å²) in [5, 5.41) is 8.18. The van der Waals surface area contributed by atoms with E-state index in [1.807, 2.05) is 37.3 Å². The molecule has 0 saturated carbocycles. The fourth-order valence-electron chi connectivity index (χ4n) is 3.51. The topological polar surface area (TPSA) is 72.3 Å². The largest absolute Gasteiger partial charge is 0.444 e. The molecule has 0 radical (unpaired) electrons. The van der Waals surface area contributed by atoms with E-state index in [0.29, 0.717) is 18.6 Å². The number of hydrogen-bond donors (Lipinski definition) is 1. The molecular weight excluding hydrogens is 306 g/mol. The van der Waals surface area contributed by atoms with Crippen LogP contribution in [0.5, 0.6) is 0 Å². The van der Waals surface area contributed by atoms with Crippen LogP contribution in [0.15, 0.2) is 0 Å². The van der Waals surface area contributed by atoms with E-state index in [2.05, 4.69) is 15.4 Å². The molecule has 3 rings (SSSR count). The Bertz CT molecular complexity index is 592.